The van der Waals surface area contributed by atoms with Crippen molar-refractivity contribution in [1.82, 2.24) is 9.80 Å². The van der Waals surface area contributed by atoms with Crippen LogP contribution in [0.25, 0.3) is 0 Å². The number of unbranched alkanes of at least 4 members (excludes halogenated alkanes) is 2. The predicted octanol–water partition coefficient (Wildman–Crippen LogP) is 7.75. The van der Waals surface area contributed by atoms with Gasteiger partial charge in [0.05, 0.1) is 0 Å². The Morgan fingerprint density at radius 2 is 1.33 bits per heavy atom. The zero-order valence-electron chi connectivity index (χ0n) is 26.1. The van der Waals surface area contributed by atoms with Crippen molar-refractivity contribution < 1.29 is 9.47 Å². The van der Waals surface area contributed by atoms with Crippen molar-refractivity contribution in [3.63, 3.8) is 0 Å². The molecule has 0 saturated carbocycles. The minimum atomic E-state index is -0.183. The first-order chi connectivity index (χ1) is 19.3. The van der Waals surface area contributed by atoms with E-state index in [1.165, 1.54) is 47.2 Å². The predicted molar refractivity (Wildman–Crippen MR) is 187 cm³/mol. The number of halogens is 3. The Labute approximate surface area is 277 Å². The van der Waals surface area contributed by atoms with Gasteiger partial charge in [-0.05, 0) is 81.3 Å². The lowest BCUT2D eigenvalue weighted by Gasteiger charge is -2.38. The van der Waals surface area contributed by atoms with Gasteiger partial charge >= 0.3 is 0 Å². The lowest BCUT2D eigenvalue weighted by Crippen LogP contribution is -2.52. The van der Waals surface area contributed by atoms with Gasteiger partial charge in [-0.15, -0.1) is 37.2 Å². The molecule has 0 bridgehead atoms. The number of hydrogen-bond acceptors (Lipinski definition) is 5. The van der Waals surface area contributed by atoms with Crippen LogP contribution in [0.15, 0.2) is 60.7 Å². The topological polar surface area (TPSA) is 51.0 Å². The van der Waals surface area contributed by atoms with Crippen LogP contribution in [0.1, 0.15) is 65.7 Å². The van der Waals surface area contributed by atoms with Crippen LogP contribution in [-0.2, 0) is 11.2 Å². The molecule has 0 aliphatic carbocycles. The van der Waals surface area contributed by atoms with Crippen molar-refractivity contribution in [1.29, 1.82) is 0 Å². The molecule has 238 valence electrons. The molecular formula is C35H50Cl3N3O2. The molecule has 2 N–H and O–H groups in total. The third-order valence-corrected chi connectivity index (χ3v) is 8.97. The van der Waals surface area contributed by atoms with Gasteiger partial charge in [0.15, 0.2) is 0 Å². The lowest BCUT2D eigenvalue weighted by molar-refractivity contribution is 0.0372. The van der Waals surface area contributed by atoms with Gasteiger partial charge in [0, 0.05) is 57.0 Å². The van der Waals surface area contributed by atoms with E-state index in [0.717, 1.165) is 69.2 Å². The highest BCUT2D eigenvalue weighted by Crippen LogP contribution is 2.44. The molecule has 43 heavy (non-hydrogen) atoms. The Kier molecular flexibility index (Phi) is 14.6. The highest BCUT2D eigenvalue weighted by molar-refractivity contribution is 5.86. The van der Waals surface area contributed by atoms with Crippen molar-refractivity contribution in [2.75, 3.05) is 51.6 Å². The molecule has 0 spiro atoms. The van der Waals surface area contributed by atoms with E-state index in [4.69, 9.17) is 15.2 Å². The summed E-state index contributed by atoms with van der Waals surface area (Å²) in [7, 11) is 0. The number of hydrogen-bond donors (Lipinski definition) is 1. The summed E-state index contributed by atoms with van der Waals surface area (Å²) in [5, 5.41) is 0. The van der Waals surface area contributed by atoms with E-state index in [1.54, 1.807) is 0 Å². The molecule has 3 aromatic carbocycles. The summed E-state index contributed by atoms with van der Waals surface area (Å²) >= 11 is 0. The molecule has 1 atom stereocenters. The Morgan fingerprint density at radius 3 is 1.91 bits per heavy atom. The zero-order chi connectivity index (χ0) is 28.1. The van der Waals surface area contributed by atoms with E-state index in [-0.39, 0.29) is 48.9 Å². The maximum Gasteiger partial charge on any atom is 0.127 e. The average Bonchev–Trinajstić information content (AvgIpc) is 3.33. The molecule has 2 heterocycles. The minimum Gasteiger partial charge on any atom is -0.485 e. The fourth-order valence-corrected chi connectivity index (χ4v) is 6.41. The third kappa shape index (κ3) is 9.03. The number of nitrogens with zero attached hydrogens (tertiary/aromatic N) is 2. The zero-order valence-corrected chi connectivity index (χ0v) is 28.6. The molecule has 2 aliphatic rings. The Balaban J connectivity index is 0.00000215. The minimum absolute atomic E-state index is 0. The van der Waals surface area contributed by atoms with Crippen LogP contribution in [-0.4, -0.2) is 61.3 Å². The number of nitrogen functional groups attached to an aromatic ring is 1. The first kappa shape index (κ1) is 37.2. The van der Waals surface area contributed by atoms with Crippen molar-refractivity contribution in [2.24, 2.45) is 0 Å². The van der Waals surface area contributed by atoms with Gasteiger partial charge in [0.25, 0.3) is 0 Å². The molecule has 0 radical (unpaired) electrons. The SMILES string of the molecule is Cc1c(C)c2c(c(C)c1N)CC(C)(CN1CCN(CCCCCOC(c3ccccc3)c3ccccc3)CC1)O2.Cl.Cl.Cl. The summed E-state index contributed by atoms with van der Waals surface area (Å²) in [5.74, 6) is 1.08. The Morgan fingerprint density at radius 1 is 0.767 bits per heavy atom. The van der Waals surface area contributed by atoms with Gasteiger partial charge in [-0.25, -0.2) is 0 Å². The summed E-state index contributed by atoms with van der Waals surface area (Å²) in [6.45, 7) is 16.1. The van der Waals surface area contributed by atoms with Crippen molar-refractivity contribution >= 4 is 42.9 Å². The highest BCUT2D eigenvalue weighted by Gasteiger charge is 2.39. The lowest BCUT2D eigenvalue weighted by atomic mass is 9.91. The van der Waals surface area contributed by atoms with Gasteiger partial charge in [-0.2, -0.15) is 0 Å². The van der Waals surface area contributed by atoms with Crippen LogP contribution in [0.5, 0.6) is 5.75 Å². The second-order valence-electron chi connectivity index (χ2n) is 12.1. The molecule has 0 amide bonds. The molecule has 0 aromatic heterocycles. The third-order valence-electron chi connectivity index (χ3n) is 8.97. The van der Waals surface area contributed by atoms with Crippen LogP contribution >= 0.6 is 37.2 Å². The van der Waals surface area contributed by atoms with E-state index in [9.17, 15) is 0 Å². The molecule has 5 rings (SSSR count). The molecular weight excluding hydrogens is 601 g/mol. The first-order valence-corrected chi connectivity index (χ1v) is 15.1. The second-order valence-corrected chi connectivity index (χ2v) is 12.1. The van der Waals surface area contributed by atoms with E-state index in [0.29, 0.717) is 0 Å². The van der Waals surface area contributed by atoms with Crippen LogP contribution in [0.3, 0.4) is 0 Å². The summed E-state index contributed by atoms with van der Waals surface area (Å²) in [6, 6.07) is 21.1. The first-order valence-electron chi connectivity index (χ1n) is 15.1. The van der Waals surface area contributed by atoms with E-state index in [2.05, 4.69) is 98.2 Å². The van der Waals surface area contributed by atoms with Gasteiger partial charge < -0.3 is 20.1 Å². The number of piperazine rings is 1. The molecule has 1 saturated heterocycles. The largest absolute Gasteiger partial charge is 0.485 e. The monoisotopic (exact) mass is 649 g/mol. The number of fused-ring (bicyclic) bond motifs is 1. The number of anilines is 1. The van der Waals surface area contributed by atoms with Gasteiger partial charge in [0.1, 0.15) is 17.5 Å². The Hall–Kier alpha value is -1.99. The maximum absolute atomic E-state index is 6.62. The maximum atomic E-state index is 6.62. The summed E-state index contributed by atoms with van der Waals surface area (Å²) < 4.78 is 13.0. The van der Waals surface area contributed by atoms with Gasteiger partial charge in [0.2, 0.25) is 0 Å². The molecule has 3 aromatic rings. The molecule has 2 aliphatic heterocycles. The van der Waals surface area contributed by atoms with E-state index >= 15 is 0 Å². The normalized spacial score (nSPS) is 18.3. The van der Waals surface area contributed by atoms with Crippen LogP contribution in [0, 0.1) is 20.8 Å². The summed E-state index contributed by atoms with van der Waals surface area (Å²) in [6.07, 6.45) is 4.46. The summed E-state index contributed by atoms with van der Waals surface area (Å²) in [5.41, 5.74) is 14.4. The summed E-state index contributed by atoms with van der Waals surface area (Å²) in [4.78, 5) is 5.21. The average molecular weight is 651 g/mol. The standard InChI is InChI=1S/C35H47N3O2.3ClH/c1-26-27(2)33-31(28(3)32(26)36)24-35(4,40-33)25-38-21-19-37(20-22-38)18-12-7-13-23-39-34(29-14-8-5-9-15-29)30-16-10-6-11-17-30;;;/h5-6,8-11,14-17,34H,7,12-13,18-25,36H2,1-4H3;3*1H. The number of ether oxygens (including phenoxy) is 2. The quantitative estimate of drug-likeness (QED) is 0.170. The number of nitrogens with two attached hydrogens (primary N) is 1. The van der Waals surface area contributed by atoms with Crippen molar-refractivity contribution in [3.8, 4) is 5.75 Å². The van der Waals surface area contributed by atoms with Crippen LogP contribution < -0.4 is 10.5 Å². The van der Waals surface area contributed by atoms with Crippen molar-refractivity contribution in [2.45, 2.75) is 65.1 Å². The molecule has 5 nitrogen and oxygen atoms in total. The second kappa shape index (κ2) is 16.9. The molecule has 8 heteroatoms. The molecule has 1 fully saturated rings. The fourth-order valence-electron chi connectivity index (χ4n) is 6.41. The van der Waals surface area contributed by atoms with Gasteiger partial charge in [-0.1, -0.05) is 60.7 Å². The van der Waals surface area contributed by atoms with E-state index < -0.39 is 0 Å². The van der Waals surface area contributed by atoms with Crippen LogP contribution in [0.4, 0.5) is 5.69 Å². The highest BCUT2D eigenvalue weighted by atomic mass is 35.5. The smallest absolute Gasteiger partial charge is 0.127 e. The van der Waals surface area contributed by atoms with Crippen molar-refractivity contribution in [3.05, 3.63) is 94.0 Å². The van der Waals surface area contributed by atoms with Crippen LogP contribution in [0.2, 0.25) is 0 Å². The Bertz CT molecular complexity index is 1190. The number of rotatable bonds is 11. The fraction of sp³-hybridized carbons (Fsp3) is 0.486. The molecule has 1 unspecified atom stereocenters. The van der Waals surface area contributed by atoms with Gasteiger partial charge in [-0.3, -0.25) is 4.90 Å². The van der Waals surface area contributed by atoms with E-state index in [1.807, 2.05) is 0 Å². The number of benzene rings is 3.